The maximum absolute atomic E-state index is 13.6. The summed E-state index contributed by atoms with van der Waals surface area (Å²) in [5, 5.41) is 5.14. The molecule has 0 radical (unpaired) electrons. The van der Waals surface area contributed by atoms with Crippen molar-refractivity contribution < 1.29 is 22.8 Å². The second-order valence-corrected chi connectivity index (χ2v) is 7.25. The van der Waals surface area contributed by atoms with Crippen LogP contribution in [0.2, 0.25) is 0 Å². The van der Waals surface area contributed by atoms with Gasteiger partial charge >= 0.3 is 6.18 Å². The number of benzene rings is 3. The number of rotatable bonds is 5. The van der Waals surface area contributed by atoms with Gasteiger partial charge in [-0.05, 0) is 49.7 Å². The molecular weight excluding hydrogens is 405 g/mol. The number of nitrogens with one attached hydrogen (secondary N) is 2. The molecule has 0 heterocycles. The van der Waals surface area contributed by atoms with E-state index in [4.69, 9.17) is 0 Å². The van der Waals surface area contributed by atoms with Crippen molar-refractivity contribution in [1.82, 2.24) is 0 Å². The Hall–Kier alpha value is -3.61. The fraction of sp³-hybridized carbons (Fsp3) is 0.167. The van der Waals surface area contributed by atoms with Crippen molar-refractivity contribution >= 4 is 23.2 Å². The predicted octanol–water partition coefficient (Wildman–Crippen LogP) is 5.76. The maximum Gasteiger partial charge on any atom is 0.417 e. The minimum Gasteiger partial charge on any atom is -0.326 e. The Balaban J connectivity index is 1.90. The quantitative estimate of drug-likeness (QED) is 0.545. The van der Waals surface area contributed by atoms with Crippen molar-refractivity contribution in [3.05, 3.63) is 94.5 Å². The van der Waals surface area contributed by atoms with Crippen molar-refractivity contribution in [1.29, 1.82) is 0 Å². The average Bonchev–Trinajstić information content (AvgIpc) is 2.70. The van der Waals surface area contributed by atoms with Crippen LogP contribution >= 0.6 is 0 Å². The summed E-state index contributed by atoms with van der Waals surface area (Å²) < 4.78 is 40.9. The van der Waals surface area contributed by atoms with Crippen LogP contribution in [0.25, 0.3) is 0 Å². The van der Waals surface area contributed by atoms with Crippen molar-refractivity contribution in [2.45, 2.75) is 26.4 Å². The molecule has 0 unspecified atom stereocenters. The molecule has 160 valence electrons. The Morgan fingerprint density at radius 3 is 1.81 bits per heavy atom. The van der Waals surface area contributed by atoms with Gasteiger partial charge in [-0.2, -0.15) is 13.2 Å². The van der Waals surface area contributed by atoms with Gasteiger partial charge in [0.15, 0.2) is 0 Å². The van der Waals surface area contributed by atoms with E-state index in [1.807, 2.05) is 13.8 Å². The van der Waals surface area contributed by atoms with E-state index in [0.29, 0.717) is 11.4 Å². The minimum atomic E-state index is -4.75. The van der Waals surface area contributed by atoms with Crippen molar-refractivity contribution in [2.24, 2.45) is 0 Å². The SMILES string of the molecule is Cc1ccc(NC(=O)Cc2cccc(C(F)(F)F)c2C(=O)Nc2ccc(C)cc2)cc1. The number of amides is 2. The largest absolute Gasteiger partial charge is 0.417 e. The van der Waals surface area contributed by atoms with Crippen LogP contribution < -0.4 is 10.6 Å². The number of hydrogen-bond donors (Lipinski definition) is 2. The molecule has 0 atom stereocenters. The van der Waals surface area contributed by atoms with E-state index in [-0.39, 0.29) is 12.0 Å². The first-order valence-electron chi connectivity index (χ1n) is 9.57. The number of carbonyl (C=O) groups excluding carboxylic acids is 2. The molecule has 3 rings (SSSR count). The first-order valence-corrected chi connectivity index (χ1v) is 9.57. The second-order valence-electron chi connectivity index (χ2n) is 7.25. The molecule has 0 fully saturated rings. The summed E-state index contributed by atoms with van der Waals surface area (Å²) in [6.07, 6.45) is -5.13. The number of aryl methyl sites for hydroxylation is 2. The van der Waals surface area contributed by atoms with Crippen molar-refractivity contribution in [2.75, 3.05) is 10.6 Å². The van der Waals surface area contributed by atoms with Crippen LogP contribution in [-0.4, -0.2) is 11.8 Å². The van der Waals surface area contributed by atoms with Gasteiger partial charge in [0.1, 0.15) is 0 Å². The molecule has 4 nitrogen and oxygen atoms in total. The first kappa shape index (κ1) is 22.1. The van der Waals surface area contributed by atoms with E-state index in [2.05, 4.69) is 10.6 Å². The van der Waals surface area contributed by atoms with Gasteiger partial charge < -0.3 is 10.6 Å². The lowest BCUT2D eigenvalue weighted by molar-refractivity contribution is -0.138. The Morgan fingerprint density at radius 2 is 1.29 bits per heavy atom. The molecule has 0 spiro atoms. The highest BCUT2D eigenvalue weighted by atomic mass is 19.4. The Morgan fingerprint density at radius 1 is 0.774 bits per heavy atom. The van der Waals surface area contributed by atoms with E-state index in [9.17, 15) is 22.8 Å². The van der Waals surface area contributed by atoms with Gasteiger partial charge in [-0.1, -0.05) is 47.5 Å². The Kier molecular flexibility index (Phi) is 6.44. The normalized spacial score (nSPS) is 11.1. The van der Waals surface area contributed by atoms with Gasteiger partial charge in [0.25, 0.3) is 5.91 Å². The molecule has 2 N–H and O–H groups in total. The zero-order chi connectivity index (χ0) is 22.6. The molecule has 0 aliphatic carbocycles. The van der Waals surface area contributed by atoms with Gasteiger partial charge in [-0.25, -0.2) is 0 Å². The summed E-state index contributed by atoms with van der Waals surface area (Å²) in [5.74, 6) is -1.44. The molecule has 0 aliphatic rings. The lowest BCUT2D eigenvalue weighted by atomic mass is 9.97. The van der Waals surface area contributed by atoms with Gasteiger partial charge in [0, 0.05) is 11.4 Å². The zero-order valence-corrected chi connectivity index (χ0v) is 17.0. The molecule has 0 bridgehead atoms. The molecule has 7 heteroatoms. The fourth-order valence-electron chi connectivity index (χ4n) is 3.10. The monoisotopic (exact) mass is 426 g/mol. The highest BCUT2D eigenvalue weighted by Crippen LogP contribution is 2.34. The smallest absolute Gasteiger partial charge is 0.326 e. The fourth-order valence-corrected chi connectivity index (χ4v) is 3.10. The molecule has 2 amide bonds. The molecule has 3 aromatic rings. The molecule has 0 aromatic heterocycles. The first-order chi connectivity index (χ1) is 14.6. The molecular formula is C24H21F3N2O2. The third-order valence-corrected chi connectivity index (χ3v) is 4.68. The molecule has 0 aliphatic heterocycles. The summed E-state index contributed by atoms with van der Waals surface area (Å²) in [6.45, 7) is 3.75. The molecule has 3 aromatic carbocycles. The van der Waals surface area contributed by atoms with E-state index >= 15 is 0 Å². The van der Waals surface area contributed by atoms with Crippen LogP contribution in [0.5, 0.6) is 0 Å². The summed E-state index contributed by atoms with van der Waals surface area (Å²) in [6, 6.07) is 17.1. The highest BCUT2D eigenvalue weighted by Gasteiger charge is 2.36. The lowest BCUT2D eigenvalue weighted by Crippen LogP contribution is -2.23. The van der Waals surface area contributed by atoms with Crippen LogP contribution in [0.3, 0.4) is 0 Å². The van der Waals surface area contributed by atoms with Crippen molar-refractivity contribution in [3.8, 4) is 0 Å². The van der Waals surface area contributed by atoms with Crippen LogP contribution in [-0.2, 0) is 17.4 Å². The lowest BCUT2D eigenvalue weighted by Gasteiger charge is -2.17. The van der Waals surface area contributed by atoms with Gasteiger partial charge in [-0.3, -0.25) is 9.59 Å². The molecule has 31 heavy (non-hydrogen) atoms. The third kappa shape index (κ3) is 5.72. The number of carbonyl (C=O) groups is 2. The van der Waals surface area contributed by atoms with E-state index < -0.39 is 29.1 Å². The third-order valence-electron chi connectivity index (χ3n) is 4.68. The standard InChI is InChI=1S/C24H21F3N2O2/c1-15-6-10-18(11-7-15)28-21(30)14-17-4-3-5-20(24(25,26)27)22(17)23(31)29-19-12-8-16(2)9-13-19/h3-13H,14H2,1-2H3,(H,28,30)(H,29,31). The Labute approximate surface area is 178 Å². The summed E-state index contributed by atoms with van der Waals surface area (Å²) in [5.41, 5.74) is 1.18. The number of halogens is 3. The Bertz CT molecular complexity index is 1090. The van der Waals surface area contributed by atoms with Gasteiger partial charge in [-0.15, -0.1) is 0 Å². The number of anilines is 2. The number of alkyl halides is 3. The van der Waals surface area contributed by atoms with Crippen molar-refractivity contribution in [3.63, 3.8) is 0 Å². The summed E-state index contributed by atoms with van der Waals surface area (Å²) >= 11 is 0. The van der Waals surface area contributed by atoms with E-state index in [1.54, 1.807) is 48.5 Å². The predicted molar refractivity (Wildman–Crippen MR) is 114 cm³/mol. The van der Waals surface area contributed by atoms with Gasteiger partial charge in [0.05, 0.1) is 17.5 Å². The highest BCUT2D eigenvalue weighted by molar-refractivity contribution is 6.07. The minimum absolute atomic E-state index is 0.0101. The molecule has 0 saturated carbocycles. The van der Waals surface area contributed by atoms with E-state index in [0.717, 1.165) is 17.2 Å². The van der Waals surface area contributed by atoms with Gasteiger partial charge in [0.2, 0.25) is 5.91 Å². The maximum atomic E-state index is 13.6. The van der Waals surface area contributed by atoms with Crippen LogP contribution in [0, 0.1) is 13.8 Å². The summed E-state index contributed by atoms with van der Waals surface area (Å²) in [7, 11) is 0. The zero-order valence-electron chi connectivity index (χ0n) is 17.0. The van der Waals surface area contributed by atoms with Crippen LogP contribution in [0.4, 0.5) is 24.5 Å². The second kappa shape index (κ2) is 9.04. The van der Waals surface area contributed by atoms with E-state index in [1.165, 1.54) is 12.1 Å². The molecule has 0 saturated heterocycles. The number of hydrogen-bond acceptors (Lipinski definition) is 2. The summed E-state index contributed by atoms with van der Waals surface area (Å²) in [4.78, 5) is 25.3. The van der Waals surface area contributed by atoms with Crippen LogP contribution in [0.15, 0.2) is 66.7 Å². The topological polar surface area (TPSA) is 58.2 Å². The average molecular weight is 426 g/mol. The van der Waals surface area contributed by atoms with Crippen LogP contribution in [0.1, 0.15) is 32.6 Å².